The van der Waals surface area contributed by atoms with Gasteiger partial charge in [-0.3, -0.25) is 10.1 Å². The summed E-state index contributed by atoms with van der Waals surface area (Å²) < 4.78 is 0. The fraction of sp³-hybridized carbons (Fsp3) is 0.400. The molecule has 2 rings (SSSR count). The molecular weight excluding hydrogens is 212 g/mol. The van der Waals surface area contributed by atoms with Gasteiger partial charge in [0.05, 0.1) is 15.9 Å². The number of thioether (sulfide) groups is 1. The Bertz CT molecular complexity index is 383. The summed E-state index contributed by atoms with van der Waals surface area (Å²) in [6.45, 7) is 3.02. The number of benzene rings is 1. The van der Waals surface area contributed by atoms with E-state index in [-0.39, 0.29) is 16.0 Å². The van der Waals surface area contributed by atoms with E-state index in [1.165, 1.54) is 0 Å². The predicted octanol–water partition coefficient (Wildman–Crippen LogP) is 2.32. The monoisotopic (exact) mass is 224 g/mol. The van der Waals surface area contributed by atoms with Crippen LogP contribution in [0.15, 0.2) is 24.3 Å². The Kier molecular flexibility index (Phi) is 2.93. The number of nitrogens with one attached hydrogen (secondary N) is 1. The van der Waals surface area contributed by atoms with Crippen molar-refractivity contribution in [3.8, 4) is 0 Å². The van der Waals surface area contributed by atoms with E-state index in [1.54, 1.807) is 23.9 Å². The van der Waals surface area contributed by atoms with Gasteiger partial charge in [0, 0.05) is 17.9 Å². The average molecular weight is 224 g/mol. The molecule has 1 heterocycles. The van der Waals surface area contributed by atoms with Gasteiger partial charge in [0.2, 0.25) is 0 Å². The zero-order chi connectivity index (χ0) is 10.8. The van der Waals surface area contributed by atoms with Crippen molar-refractivity contribution in [1.82, 2.24) is 5.32 Å². The van der Waals surface area contributed by atoms with E-state index >= 15 is 0 Å². The maximum Gasteiger partial charge on any atom is 0.275 e. The van der Waals surface area contributed by atoms with Crippen LogP contribution in [0, 0.1) is 10.1 Å². The van der Waals surface area contributed by atoms with Crippen molar-refractivity contribution in [2.24, 2.45) is 0 Å². The van der Waals surface area contributed by atoms with Crippen LogP contribution in [0.2, 0.25) is 0 Å². The Morgan fingerprint density at radius 2 is 2.27 bits per heavy atom. The Hall–Kier alpha value is -1.07. The molecule has 1 aliphatic rings. The highest BCUT2D eigenvalue weighted by atomic mass is 32.2. The summed E-state index contributed by atoms with van der Waals surface area (Å²) >= 11 is 1.73. The number of nitrogens with zero attached hydrogens (tertiary/aromatic N) is 1. The fourth-order valence-corrected chi connectivity index (χ4v) is 2.86. The van der Waals surface area contributed by atoms with Crippen LogP contribution in [0.5, 0.6) is 0 Å². The molecule has 0 aromatic heterocycles. The molecule has 1 aromatic carbocycles. The third kappa shape index (κ3) is 2.13. The molecule has 1 fully saturated rings. The summed E-state index contributed by atoms with van der Waals surface area (Å²) in [5, 5.41) is 14.7. The van der Waals surface area contributed by atoms with Crippen molar-refractivity contribution in [2.75, 3.05) is 6.54 Å². The molecular formula is C10H12N2O2S. The minimum atomic E-state index is -0.319. The van der Waals surface area contributed by atoms with Crippen LogP contribution in [0.1, 0.15) is 17.9 Å². The molecule has 1 N–H and O–H groups in total. The molecule has 0 radical (unpaired) electrons. The zero-order valence-electron chi connectivity index (χ0n) is 8.34. The van der Waals surface area contributed by atoms with Gasteiger partial charge in [0.15, 0.2) is 0 Å². The van der Waals surface area contributed by atoms with E-state index in [1.807, 2.05) is 12.1 Å². The summed E-state index contributed by atoms with van der Waals surface area (Å²) in [6.07, 6.45) is 0. The second kappa shape index (κ2) is 4.20. The smallest absolute Gasteiger partial charge is 0.275 e. The molecule has 0 aliphatic carbocycles. The molecule has 4 nitrogen and oxygen atoms in total. The average Bonchev–Trinajstić information content (AvgIpc) is 2.65. The van der Waals surface area contributed by atoms with Crippen molar-refractivity contribution in [3.05, 3.63) is 39.9 Å². The first-order chi connectivity index (χ1) is 7.18. The van der Waals surface area contributed by atoms with Gasteiger partial charge in [0.1, 0.15) is 0 Å². The first-order valence-electron chi connectivity index (χ1n) is 4.80. The molecule has 2 unspecified atom stereocenters. The second-order valence-electron chi connectivity index (χ2n) is 3.55. The lowest BCUT2D eigenvalue weighted by molar-refractivity contribution is -0.385. The Morgan fingerprint density at radius 3 is 2.87 bits per heavy atom. The summed E-state index contributed by atoms with van der Waals surface area (Å²) in [5.41, 5.74) is 0.980. The molecule has 0 spiro atoms. The summed E-state index contributed by atoms with van der Waals surface area (Å²) in [7, 11) is 0. The molecule has 0 bridgehead atoms. The fourth-order valence-electron chi connectivity index (χ4n) is 1.66. The van der Waals surface area contributed by atoms with E-state index in [9.17, 15) is 10.1 Å². The molecule has 0 amide bonds. The van der Waals surface area contributed by atoms with Crippen molar-refractivity contribution in [3.63, 3.8) is 0 Å². The van der Waals surface area contributed by atoms with Crippen molar-refractivity contribution in [2.45, 2.75) is 17.5 Å². The number of para-hydroxylation sites is 1. The molecule has 80 valence electrons. The zero-order valence-corrected chi connectivity index (χ0v) is 9.16. The first kappa shape index (κ1) is 10.4. The van der Waals surface area contributed by atoms with Crippen LogP contribution in [0.3, 0.4) is 0 Å². The molecule has 0 saturated carbocycles. The molecule has 1 aliphatic heterocycles. The number of rotatable bonds is 2. The second-order valence-corrected chi connectivity index (χ2v) is 5.10. The maximum atomic E-state index is 10.8. The molecule has 15 heavy (non-hydrogen) atoms. The lowest BCUT2D eigenvalue weighted by atomic mass is 10.2. The van der Waals surface area contributed by atoms with Gasteiger partial charge in [-0.1, -0.05) is 19.1 Å². The highest BCUT2D eigenvalue weighted by molar-refractivity contribution is 8.00. The minimum absolute atomic E-state index is 0.0570. The van der Waals surface area contributed by atoms with Crippen LogP contribution < -0.4 is 5.32 Å². The third-order valence-corrected chi connectivity index (χ3v) is 3.70. The van der Waals surface area contributed by atoms with Gasteiger partial charge in [0.25, 0.3) is 5.69 Å². The quantitative estimate of drug-likeness (QED) is 0.618. The van der Waals surface area contributed by atoms with Crippen LogP contribution >= 0.6 is 11.8 Å². The SMILES string of the molecule is CC1CNC(c2ccccc2[N+](=O)[O-])S1. The largest absolute Gasteiger partial charge is 0.300 e. The molecule has 2 atom stereocenters. The van der Waals surface area contributed by atoms with Crippen LogP contribution in [0.4, 0.5) is 5.69 Å². The number of nitro groups is 1. The van der Waals surface area contributed by atoms with Crippen LogP contribution in [-0.4, -0.2) is 16.7 Å². The van der Waals surface area contributed by atoms with Crippen molar-refractivity contribution >= 4 is 17.4 Å². The first-order valence-corrected chi connectivity index (χ1v) is 5.75. The summed E-state index contributed by atoms with van der Waals surface area (Å²) in [4.78, 5) is 10.5. The topological polar surface area (TPSA) is 55.2 Å². The summed E-state index contributed by atoms with van der Waals surface area (Å²) in [5.74, 6) is 0. The van der Waals surface area contributed by atoms with Crippen LogP contribution in [-0.2, 0) is 0 Å². The number of hydrogen-bond donors (Lipinski definition) is 1. The van der Waals surface area contributed by atoms with Crippen molar-refractivity contribution < 1.29 is 4.92 Å². The normalized spacial score (nSPS) is 25.4. The highest BCUT2D eigenvalue weighted by Gasteiger charge is 2.27. The van der Waals surface area contributed by atoms with E-state index in [0.717, 1.165) is 12.1 Å². The van der Waals surface area contributed by atoms with E-state index in [4.69, 9.17) is 0 Å². The van der Waals surface area contributed by atoms with Crippen molar-refractivity contribution in [1.29, 1.82) is 0 Å². The predicted molar refractivity (Wildman–Crippen MR) is 60.9 cm³/mol. The molecule has 1 saturated heterocycles. The standard InChI is InChI=1S/C10H12N2O2S/c1-7-6-11-10(15-7)8-4-2-3-5-9(8)12(13)14/h2-5,7,10-11H,6H2,1H3. The maximum absolute atomic E-state index is 10.8. The van der Waals surface area contributed by atoms with Gasteiger partial charge < -0.3 is 5.32 Å². The third-order valence-electron chi connectivity index (χ3n) is 2.38. The Morgan fingerprint density at radius 1 is 1.53 bits per heavy atom. The van der Waals surface area contributed by atoms with Gasteiger partial charge >= 0.3 is 0 Å². The number of hydrogen-bond acceptors (Lipinski definition) is 4. The lowest BCUT2D eigenvalue weighted by Crippen LogP contribution is -2.14. The number of nitro benzene ring substituents is 1. The van der Waals surface area contributed by atoms with E-state index in [0.29, 0.717) is 5.25 Å². The van der Waals surface area contributed by atoms with Gasteiger partial charge in [-0.05, 0) is 6.07 Å². The lowest BCUT2D eigenvalue weighted by Gasteiger charge is -2.09. The molecule has 5 heteroatoms. The highest BCUT2D eigenvalue weighted by Crippen LogP contribution is 2.38. The van der Waals surface area contributed by atoms with Gasteiger partial charge in [-0.15, -0.1) is 11.8 Å². The van der Waals surface area contributed by atoms with E-state index in [2.05, 4.69) is 12.2 Å². The van der Waals surface area contributed by atoms with Crippen LogP contribution in [0.25, 0.3) is 0 Å². The molecule has 1 aromatic rings. The van der Waals surface area contributed by atoms with Gasteiger partial charge in [-0.25, -0.2) is 0 Å². The van der Waals surface area contributed by atoms with Gasteiger partial charge in [-0.2, -0.15) is 0 Å². The Labute approximate surface area is 92.2 Å². The summed E-state index contributed by atoms with van der Waals surface area (Å²) in [6, 6.07) is 6.92. The Balaban J connectivity index is 2.31. The van der Waals surface area contributed by atoms with E-state index < -0.39 is 0 Å². The minimum Gasteiger partial charge on any atom is -0.300 e.